The van der Waals surface area contributed by atoms with Crippen molar-refractivity contribution in [2.75, 3.05) is 13.7 Å². The molecule has 0 unspecified atom stereocenters. The Morgan fingerprint density at radius 1 is 1.13 bits per heavy atom. The standard InChI is InChI=1S/C24H26BrN3O2/c1-5-30-27-20-13-24(2,3)14-22-19(20)12-21(16-6-8-17(25)9-7-16)28(22)18-10-11-23(29-4)26-15-18/h6-12,15H,5,13-14H2,1-4H3. The number of halogens is 1. The molecule has 156 valence electrons. The largest absolute Gasteiger partial charge is 0.481 e. The normalized spacial score (nSPS) is 16.4. The molecule has 0 fully saturated rings. The zero-order valence-corrected chi connectivity index (χ0v) is 19.4. The van der Waals surface area contributed by atoms with Crippen LogP contribution in [0.5, 0.6) is 5.88 Å². The maximum atomic E-state index is 5.47. The number of pyridine rings is 1. The van der Waals surface area contributed by atoms with Crippen LogP contribution in [0.15, 0.2) is 58.3 Å². The molecule has 4 rings (SSSR count). The highest BCUT2D eigenvalue weighted by atomic mass is 79.9. The van der Waals surface area contributed by atoms with Crippen LogP contribution < -0.4 is 4.74 Å². The number of rotatable bonds is 5. The third-order valence-electron chi connectivity index (χ3n) is 5.34. The first kappa shape index (κ1) is 20.7. The third-order valence-corrected chi connectivity index (χ3v) is 5.87. The molecular formula is C24H26BrN3O2. The molecule has 0 saturated carbocycles. The molecule has 0 bridgehead atoms. The molecule has 0 saturated heterocycles. The Morgan fingerprint density at radius 2 is 1.90 bits per heavy atom. The maximum absolute atomic E-state index is 5.47. The lowest BCUT2D eigenvalue weighted by Crippen LogP contribution is -2.28. The second kappa shape index (κ2) is 8.26. The van der Waals surface area contributed by atoms with Gasteiger partial charge in [-0.3, -0.25) is 0 Å². The van der Waals surface area contributed by atoms with E-state index in [9.17, 15) is 0 Å². The minimum Gasteiger partial charge on any atom is -0.481 e. The van der Waals surface area contributed by atoms with Gasteiger partial charge in [-0.15, -0.1) is 0 Å². The Morgan fingerprint density at radius 3 is 2.53 bits per heavy atom. The van der Waals surface area contributed by atoms with Crippen LogP contribution in [-0.2, 0) is 11.3 Å². The van der Waals surface area contributed by atoms with Gasteiger partial charge in [0.25, 0.3) is 0 Å². The van der Waals surface area contributed by atoms with Gasteiger partial charge in [0.05, 0.1) is 30.4 Å². The van der Waals surface area contributed by atoms with E-state index in [1.54, 1.807) is 7.11 Å². The van der Waals surface area contributed by atoms with Gasteiger partial charge in [-0.1, -0.05) is 47.1 Å². The van der Waals surface area contributed by atoms with Crippen LogP contribution in [0.2, 0.25) is 0 Å². The van der Waals surface area contributed by atoms with Gasteiger partial charge < -0.3 is 14.1 Å². The van der Waals surface area contributed by atoms with Crippen molar-refractivity contribution in [2.24, 2.45) is 10.6 Å². The molecule has 0 atom stereocenters. The minimum atomic E-state index is 0.0793. The predicted molar refractivity (Wildman–Crippen MR) is 124 cm³/mol. The maximum Gasteiger partial charge on any atom is 0.213 e. The summed E-state index contributed by atoms with van der Waals surface area (Å²) in [6, 6.07) is 14.6. The first-order chi connectivity index (χ1) is 14.4. The van der Waals surface area contributed by atoms with E-state index in [0.717, 1.165) is 45.5 Å². The second-order valence-electron chi connectivity index (χ2n) is 8.26. The van der Waals surface area contributed by atoms with Crippen LogP contribution in [0.1, 0.15) is 38.4 Å². The zero-order chi connectivity index (χ0) is 21.3. The first-order valence-corrected chi connectivity index (χ1v) is 10.9. The van der Waals surface area contributed by atoms with Crippen molar-refractivity contribution in [1.82, 2.24) is 9.55 Å². The summed E-state index contributed by atoms with van der Waals surface area (Å²) in [6.45, 7) is 7.07. The molecule has 30 heavy (non-hydrogen) atoms. The Kier molecular flexibility index (Phi) is 5.69. The molecule has 0 spiro atoms. The van der Waals surface area contributed by atoms with Crippen LogP contribution in [0.25, 0.3) is 16.9 Å². The van der Waals surface area contributed by atoms with E-state index in [-0.39, 0.29) is 5.41 Å². The molecule has 2 aromatic heterocycles. The van der Waals surface area contributed by atoms with Gasteiger partial charge in [0, 0.05) is 21.8 Å². The highest BCUT2D eigenvalue weighted by molar-refractivity contribution is 9.10. The number of fused-ring (bicyclic) bond motifs is 1. The van der Waals surface area contributed by atoms with E-state index in [1.165, 1.54) is 5.69 Å². The summed E-state index contributed by atoms with van der Waals surface area (Å²) in [6.07, 6.45) is 3.68. The van der Waals surface area contributed by atoms with Crippen molar-refractivity contribution in [3.8, 4) is 22.8 Å². The van der Waals surface area contributed by atoms with Crippen LogP contribution in [0, 0.1) is 5.41 Å². The number of benzene rings is 1. The Hall–Kier alpha value is -2.60. The van der Waals surface area contributed by atoms with Crippen LogP contribution >= 0.6 is 15.9 Å². The Balaban J connectivity index is 1.96. The zero-order valence-electron chi connectivity index (χ0n) is 17.8. The van der Waals surface area contributed by atoms with Gasteiger partial charge in [-0.25, -0.2) is 4.98 Å². The van der Waals surface area contributed by atoms with Gasteiger partial charge in [-0.05, 0) is 55.0 Å². The van der Waals surface area contributed by atoms with Crippen molar-refractivity contribution in [3.05, 3.63) is 64.4 Å². The fourth-order valence-electron chi connectivity index (χ4n) is 4.02. The van der Waals surface area contributed by atoms with Crippen molar-refractivity contribution < 1.29 is 9.57 Å². The Bertz CT molecular complexity index is 1070. The van der Waals surface area contributed by atoms with Crippen molar-refractivity contribution in [1.29, 1.82) is 0 Å². The van der Waals surface area contributed by atoms with E-state index in [1.807, 2.05) is 19.2 Å². The number of nitrogens with zero attached hydrogens (tertiary/aromatic N) is 3. The lowest BCUT2D eigenvalue weighted by atomic mass is 9.76. The summed E-state index contributed by atoms with van der Waals surface area (Å²) in [5.74, 6) is 0.601. The molecule has 2 heterocycles. The summed E-state index contributed by atoms with van der Waals surface area (Å²) < 4.78 is 8.61. The fraction of sp³-hybridized carbons (Fsp3) is 0.333. The minimum absolute atomic E-state index is 0.0793. The molecule has 1 aliphatic carbocycles. The molecule has 5 nitrogen and oxygen atoms in total. The molecular weight excluding hydrogens is 442 g/mol. The Labute approximate surface area is 185 Å². The van der Waals surface area contributed by atoms with Crippen LogP contribution in [0.3, 0.4) is 0 Å². The molecule has 0 aliphatic heterocycles. The fourth-order valence-corrected chi connectivity index (χ4v) is 4.28. The monoisotopic (exact) mass is 467 g/mol. The summed E-state index contributed by atoms with van der Waals surface area (Å²) in [5.41, 5.74) is 6.71. The van der Waals surface area contributed by atoms with Gasteiger partial charge in [0.2, 0.25) is 5.88 Å². The molecule has 0 N–H and O–H groups in total. The molecule has 0 amide bonds. The predicted octanol–water partition coefficient (Wildman–Crippen LogP) is 6.02. The van der Waals surface area contributed by atoms with Crippen molar-refractivity contribution in [3.63, 3.8) is 0 Å². The van der Waals surface area contributed by atoms with Crippen molar-refractivity contribution in [2.45, 2.75) is 33.6 Å². The smallest absolute Gasteiger partial charge is 0.213 e. The number of oxime groups is 1. The highest BCUT2D eigenvalue weighted by Crippen LogP contribution is 2.40. The average Bonchev–Trinajstić information content (AvgIpc) is 3.10. The molecule has 3 aromatic rings. The van der Waals surface area contributed by atoms with E-state index in [4.69, 9.17) is 9.57 Å². The number of hydrogen-bond donors (Lipinski definition) is 0. The van der Waals surface area contributed by atoms with Gasteiger partial charge in [-0.2, -0.15) is 0 Å². The SMILES string of the molecule is CCON=C1CC(C)(C)Cc2c1cc(-c1ccc(Br)cc1)n2-c1ccc(OC)nc1. The topological polar surface area (TPSA) is 48.6 Å². The van der Waals surface area contributed by atoms with Crippen LogP contribution in [-0.4, -0.2) is 29.0 Å². The quantitative estimate of drug-likeness (QED) is 0.430. The number of aromatic nitrogens is 2. The van der Waals surface area contributed by atoms with E-state index in [0.29, 0.717) is 12.5 Å². The summed E-state index contributed by atoms with van der Waals surface area (Å²) >= 11 is 3.54. The summed E-state index contributed by atoms with van der Waals surface area (Å²) in [5, 5.41) is 4.48. The van der Waals surface area contributed by atoms with Gasteiger partial charge >= 0.3 is 0 Å². The third kappa shape index (κ3) is 4.01. The van der Waals surface area contributed by atoms with E-state index < -0.39 is 0 Å². The van der Waals surface area contributed by atoms with Gasteiger partial charge in [0.15, 0.2) is 0 Å². The molecule has 1 aliphatic rings. The second-order valence-corrected chi connectivity index (χ2v) is 9.18. The highest BCUT2D eigenvalue weighted by Gasteiger charge is 2.34. The first-order valence-electron chi connectivity index (χ1n) is 10.1. The van der Waals surface area contributed by atoms with Crippen LogP contribution in [0.4, 0.5) is 0 Å². The van der Waals surface area contributed by atoms with E-state index in [2.05, 4.69) is 80.9 Å². The number of ether oxygens (including phenoxy) is 1. The molecule has 0 radical (unpaired) electrons. The summed E-state index contributed by atoms with van der Waals surface area (Å²) in [4.78, 5) is 9.92. The lowest BCUT2D eigenvalue weighted by Gasteiger charge is -2.31. The van der Waals surface area contributed by atoms with E-state index >= 15 is 0 Å². The number of methoxy groups -OCH3 is 1. The molecule has 1 aromatic carbocycles. The van der Waals surface area contributed by atoms with Crippen molar-refractivity contribution >= 4 is 21.6 Å². The number of hydrogen-bond acceptors (Lipinski definition) is 4. The lowest BCUT2D eigenvalue weighted by molar-refractivity contribution is 0.156. The average molecular weight is 468 g/mol. The molecule has 6 heteroatoms. The summed E-state index contributed by atoms with van der Waals surface area (Å²) in [7, 11) is 1.63. The van der Waals surface area contributed by atoms with Gasteiger partial charge in [0.1, 0.15) is 6.61 Å².